The number of nitrogens with zero attached hydrogens (tertiary/aromatic N) is 2. The summed E-state index contributed by atoms with van der Waals surface area (Å²) in [4.78, 5) is 0. The van der Waals surface area contributed by atoms with Crippen molar-refractivity contribution >= 4 is 5.57 Å². The summed E-state index contributed by atoms with van der Waals surface area (Å²) in [5.74, 6) is -4.12. The summed E-state index contributed by atoms with van der Waals surface area (Å²) in [5, 5.41) is 0. The Labute approximate surface area is 176 Å². The van der Waals surface area contributed by atoms with E-state index in [-0.39, 0.29) is 28.1 Å². The van der Waals surface area contributed by atoms with Gasteiger partial charge in [0.15, 0.2) is 11.6 Å². The molecule has 0 bridgehead atoms. The zero-order chi connectivity index (χ0) is 21.5. The van der Waals surface area contributed by atoms with E-state index in [1.54, 1.807) is 55.1 Å². The van der Waals surface area contributed by atoms with Crippen molar-refractivity contribution in [2.24, 2.45) is 0 Å². The molecule has 1 unspecified atom stereocenters. The summed E-state index contributed by atoms with van der Waals surface area (Å²) in [6.07, 6.45) is 11.1. The van der Waals surface area contributed by atoms with E-state index in [0.717, 1.165) is 6.07 Å². The van der Waals surface area contributed by atoms with Crippen molar-refractivity contribution in [2.45, 2.75) is 5.92 Å². The van der Waals surface area contributed by atoms with Crippen LogP contribution in [0.2, 0.25) is 0 Å². The third-order valence-electron chi connectivity index (χ3n) is 5.46. The average Bonchev–Trinajstić information content (AvgIpc) is 3.52. The molecule has 0 amide bonds. The fourth-order valence-corrected chi connectivity index (χ4v) is 4.01. The van der Waals surface area contributed by atoms with Crippen LogP contribution in [0.15, 0.2) is 91.5 Å². The summed E-state index contributed by atoms with van der Waals surface area (Å²) in [6, 6.07) is 11.9. The smallest absolute Gasteiger partial charge is 0.157 e. The van der Waals surface area contributed by atoms with E-state index in [1.165, 1.54) is 39.5 Å². The third kappa shape index (κ3) is 3.11. The maximum Gasteiger partial charge on any atom is 0.157 e. The average molecular weight is 420 g/mol. The molecule has 4 aromatic rings. The zero-order valence-electron chi connectivity index (χ0n) is 16.1. The van der Waals surface area contributed by atoms with Gasteiger partial charge < -0.3 is 9.13 Å². The summed E-state index contributed by atoms with van der Waals surface area (Å²) >= 11 is 0. The van der Waals surface area contributed by atoms with Crippen LogP contribution < -0.4 is 0 Å². The minimum Gasteiger partial charge on any atom is -0.321 e. The molecule has 2 aromatic heterocycles. The number of hydrogen-bond donors (Lipinski definition) is 0. The van der Waals surface area contributed by atoms with E-state index in [4.69, 9.17) is 0 Å². The lowest BCUT2D eigenvalue weighted by Crippen LogP contribution is -2.10. The first-order chi connectivity index (χ1) is 15.1. The molecule has 0 fully saturated rings. The molecule has 0 aliphatic heterocycles. The van der Waals surface area contributed by atoms with Crippen LogP contribution in [0.1, 0.15) is 17.0 Å². The number of aromatic nitrogens is 2. The highest BCUT2D eigenvalue weighted by Crippen LogP contribution is 2.43. The second kappa shape index (κ2) is 7.47. The molecule has 154 valence electrons. The molecule has 1 aliphatic rings. The van der Waals surface area contributed by atoms with Gasteiger partial charge in [-0.25, -0.2) is 17.6 Å². The SMILES string of the molecule is Fc1ccc(-n2cccc2)c(F)c1C1=CC=CC1c1c(F)ccc(-n2cccc2)c1F. The van der Waals surface area contributed by atoms with Gasteiger partial charge >= 0.3 is 0 Å². The zero-order valence-corrected chi connectivity index (χ0v) is 16.1. The quantitative estimate of drug-likeness (QED) is 0.331. The lowest BCUT2D eigenvalue weighted by atomic mass is 9.87. The highest BCUT2D eigenvalue weighted by molar-refractivity contribution is 5.79. The van der Waals surface area contributed by atoms with Crippen molar-refractivity contribution < 1.29 is 17.6 Å². The maximum absolute atomic E-state index is 15.4. The molecule has 6 heteroatoms. The highest BCUT2D eigenvalue weighted by atomic mass is 19.1. The Bertz CT molecular complexity index is 1320. The van der Waals surface area contributed by atoms with Crippen molar-refractivity contribution in [1.82, 2.24) is 9.13 Å². The lowest BCUT2D eigenvalue weighted by molar-refractivity contribution is 0.548. The van der Waals surface area contributed by atoms with Gasteiger partial charge in [0.05, 0.1) is 16.9 Å². The number of allylic oxidation sites excluding steroid dienone is 4. The molecule has 1 aliphatic carbocycles. The van der Waals surface area contributed by atoms with E-state index in [0.29, 0.717) is 0 Å². The fraction of sp³-hybridized carbons (Fsp3) is 0.0400. The van der Waals surface area contributed by atoms with E-state index >= 15 is 8.78 Å². The fourth-order valence-electron chi connectivity index (χ4n) is 4.01. The van der Waals surface area contributed by atoms with Crippen molar-refractivity contribution in [2.75, 3.05) is 0 Å². The molecule has 1 atom stereocenters. The van der Waals surface area contributed by atoms with Crippen molar-refractivity contribution in [3.63, 3.8) is 0 Å². The van der Waals surface area contributed by atoms with Gasteiger partial charge in [0, 0.05) is 36.3 Å². The van der Waals surface area contributed by atoms with E-state index < -0.39 is 29.2 Å². The van der Waals surface area contributed by atoms with Crippen LogP contribution in [-0.4, -0.2) is 9.13 Å². The topological polar surface area (TPSA) is 9.86 Å². The molecule has 31 heavy (non-hydrogen) atoms. The van der Waals surface area contributed by atoms with Crippen LogP contribution in [0, 0.1) is 23.3 Å². The van der Waals surface area contributed by atoms with Gasteiger partial charge in [-0.2, -0.15) is 0 Å². The van der Waals surface area contributed by atoms with Crippen LogP contribution in [0.25, 0.3) is 16.9 Å². The Kier molecular flexibility index (Phi) is 4.62. The predicted molar refractivity (Wildman–Crippen MR) is 111 cm³/mol. The molecular formula is C25H16F4N2. The van der Waals surface area contributed by atoms with Gasteiger partial charge in [0.25, 0.3) is 0 Å². The minimum absolute atomic E-state index is 0.148. The minimum atomic E-state index is -0.973. The first-order valence-electron chi connectivity index (χ1n) is 9.67. The highest BCUT2D eigenvalue weighted by Gasteiger charge is 2.30. The van der Waals surface area contributed by atoms with Crippen LogP contribution in [0.5, 0.6) is 0 Å². The van der Waals surface area contributed by atoms with Crippen molar-refractivity contribution in [1.29, 1.82) is 0 Å². The normalized spacial score (nSPS) is 15.5. The predicted octanol–water partition coefficient (Wildman–Crippen LogP) is 6.56. The summed E-state index contributed by atoms with van der Waals surface area (Å²) in [5.41, 5.74) is -0.0905. The number of rotatable bonds is 4. The number of hydrogen-bond acceptors (Lipinski definition) is 0. The van der Waals surface area contributed by atoms with Gasteiger partial charge in [-0.15, -0.1) is 0 Å². The van der Waals surface area contributed by atoms with Crippen LogP contribution in [0.3, 0.4) is 0 Å². The molecule has 0 radical (unpaired) electrons. The van der Waals surface area contributed by atoms with Gasteiger partial charge in [0.2, 0.25) is 0 Å². The van der Waals surface area contributed by atoms with Crippen LogP contribution in [-0.2, 0) is 0 Å². The summed E-state index contributed by atoms with van der Waals surface area (Å²) < 4.78 is 63.5. The Morgan fingerprint density at radius 2 is 1.19 bits per heavy atom. The molecule has 2 heterocycles. The van der Waals surface area contributed by atoms with E-state index in [9.17, 15) is 8.78 Å². The molecule has 2 nitrogen and oxygen atoms in total. The Hall–Kier alpha value is -3.80. The van der Waals surface area contributed by atoms with Crippen LogP contribution >= 0.6 is 0 Å². The second-order valence-corrected chi connectivity index (χ2v) is 7.21. The third-order valence-corrected chi connectivity index (χ3v) is 5.46. The first kappa shape index (κ1) is 19.2. The summed E-state index contributed by atoms with van der Waals surface area (Å²) in [7, 11) is 0. The lowest BCUT2D eigenvalue weighted by Gasteiger charge is -2.20. The maximum atomic E-state index is 15.4. The monoisotopic (exact) mass is 420 g/mol. The molecule has 0 saturated carbocycles. The first-order valence-corrected chi connectivity index (χ1v) is 9.67. The molecule has 0 N–H and O–H groups in total. The standard InChI is InChI=1S/C25H16F4N2/c26-18-8-10-20(30-12-1-2-13-30)24(28)22(18)16-6-5-7-17(16)23-19(27)9-11-21(25(23)29)31-14-3-4-15-31/h1-16H. The van der Waals surface area contributed by atoms with E-state index in [2.05, 4.69) is 0 Å². The van der Waals surface area contributed by atoms with Crippen molar-refractivity contribution in [3.05, 3.63) is 126 Å². The Balaban J connectivity index is 1.65. The van der Waals surface area contributed by atoms with Gasteiger partial charge in [-0.1, -0.05) is 18.2 Å². The largest absolute Gasteiger partial charge is 0.321 e. The number of benzene rings is 2. The van der Waals surface area contributed by atoms with Gasteiger partial charge in [0.1, 0.15) is 11.6 Å². The van der Waals surface area contributed by atoms with Crippen LogP contribution in [0.4, 0.5) is 17.6 Å². The van der Waals surface area contributed by atoms with Gasteiger partial charge in [-0.05, 0) is 54.1 Å². The molecule has 0 spiro atoms. The summed E-state index contributed by atoms with van der Waals surface area (Å²) in [6.45, 7) is 0. The Morgan fingerprint density at radius 1 is 0.645 bits per heavy atom. The van der Waals surface area contributed by atoms with Crippen molar-refractivity contribution in [3.8, 4) is 11.4 Å². The molecule has 5 rings (SSSR count). The second-order valence-electron chi connectivity index (χ2n) is 7.21. The molecular weight excluding hydrogens is 404 g/mol. The van der Waals surface area contributed by atoms with Gasteiger partial charge in [-0.3, -0.25) is 0 Å². The van der Waals surface area contributed by atoms with E-state index in [1.807, 2.05) is 0 Å². The molecule has 0 saturated heterocycles. The molecule has 2 aromatic carbocycles. The number of halogens is 4. The Morgan fingerprint density at radius 3 is 1.81 bits per heavy atom.